The van der Waals surface area contributed by atoms with Crippen molar-refractivity contribution in [1.29, 1.82) is 0 Å². The fourth-order valence-corrected chi connectivity index (χ4v) is 2.79. The molecule has 2 rings (SSSR count). The molecular formula is C13H20N2. The number of aryl methyl sites for hydroxylation is 1. The van der Waals surface area contributed by atoms with E-state index in [1.165, 1.54) is 17.5 Å². The number of hydrogen-bond donors (Lipinski definition) is 2. The van der Waals surface area contributed by atoms with Gasteiger partial charge in [-0.2, -0.15) is 0 Å². The molecule has 1 aromatic rings. The SMILES string of the molecule is CCc1c(N)cc2c(c1N)C(C)(C)CC2. The van der Waals surface area contributed by atoms with Crippen LogP contribution in [0.1, 0.15) is 43.9 Å². The Balaban J connectivity index is 2.70. The predicted molar refractivity (Wildman–Crippen MR) is 66.0 cm³/mol. The molecule has 0 heterocycles. The number of nitrogens with two attached hydrogens (primary N) is 2. The molecule has 0 saturated carbocycles. The fourth-order valence-electron chi connectivity index (χ4n) is 2.79. The van der Waals surface area contributed by atoms with Crippen molar-refractivity contribution in [2.24, 2.45) is 0 Å². The molecule has 1 aromatic carbocycles. The molecule has 2 heteroatoms. The van der Waals surface area contributed by atoms with Crippen LogP contribution >= 0.6 is 0 Å². The molecule has 1 aliphatic carbocycles. The summed E-state index contributed by atoms with van der Waals surface area (Å²) in [5.41, 5.74) is 18.1. The van der Waals surface area contributed by atoms with E-state index in [1.54, 1.807) is 0 Å². The van der Waals surface area contributed by atoms with Crippen LogP contribution in [-0.4, -0.2) is 0 Å². The van der Waals surface area contributed by atoms with Gasteiger partial charge in [0.05, 0.1) is 0 Å². The van der Waals surface area contributed by atoms with Gasteiger partial charge in [0, 0.05) is 11.4 Å². The highest BCUT2D eigenvalue weighted by molar-refractivity contribution is 5.71. The molecule has 0 amide bonds. The molecule has 0 saturated heterocycles. The molecule has 0 bridgehead atoms. The first-order chi connectivity index (χ1) is 6.97. The first-order valence-electron chi connectivity index (χ1n) is 5.67. The molecule has 4 N–H and O–H groups in total. The summed E-state index contributed by atoms with van der Waals surface area (Å²) in [5, 5.41) is 0. The standard InChI is InChI=1S/C13H20N2/c1-4-9-10(14)7-8-5-6-13(2,3)11(8)12(9)15/h7H,4-6,14-15H2,1-3H3. The van der Waals surface area contributed by atoms with Crippen molar-refractivity contribution >= 4 is 11.4 Å². The summed E-state index contributed by atoms with van der Waals surface area (Å²) in [6.07, 6.45) is 3.21. The van der Waals surface area contributed by atoms with Crippen molar-refractivity contribution < 1.29 is 0 Å². The van der Waals surface area contributed by atoms with Crippen molar-refractivity contribution in [3.05, 3.63) is 22.8 Å². The number of rotatable bonds is 1. The van der Waals surface area contributed by atoms with Gasteiger partial charge in [0.25, 0.3) is 0 Å². The number of hydrogen-bond acceptors (Lipinski definition) is 2. The minimum atomic E-state index is 0.219. The van der Waals surface area contributed by atoms with Gasteiger partial charge >= 0.3 is 0 Å². The summed E-state index contributed by atoms with van der Waals surface area (Å²) in [4.78, 5) is 0. The monoisotopic (exact) mass is 204 g/mol. The average Bonchev–Trinajstić information content (AvgIpc) is 2.42. The van der Waals surface area contributed by atoms with E-state index in [2.05, 4.69) is 26.8 Å². The van der Waals surface area contributed by atoms with Crippen molar-refractivity contribution in [2.45, 2.75) is 45.4 Å². The normalized spacial score (nSPS) is 17.8. The third-order valence-electron chi connectivity index (χ3n) is 3.64. The summed E-state index contributed by atoms with van der Waals surface area (Å²) >= 11 is 0. The first kappa shape index (κ1) is 10.3. The minimum Gasteiger partial charge on any atom is -0.398 e. The maximum atomic E-state index is 6.24. The zero-order valence-electron chi connectivity index (χ0n) is 9.85. The average molecular weight is 204 g/mol. The van der Waals surface area contributed by atoms with Gasteiger partial charge in [0.15, 0.2) is 0 Å². The number of fused-ring (bicyclic) bond motifs is 1. The van der Waals surface area contributed by atoms with Crippen molar-refractivity contribution in [3.8, 4) is 0 Å². The lowest BCUT2D eigenvalue weighted by Gasteiger charge is -2.23. The zero-order chi connectivity index (χ0) is 11.2. The lowest BCUT2D eigenvalue weighted by Crippen LogP contribution is -2.16. The van der Waals surface area contributed by atoms with Gasteiger partial charge in [0.2, 0.25) is 0 Å². The molecule has 82 valence electrons. The lowest BCUT2D eigenvalue weighted by molar-refractivity contribution is 0.523. The Labute approximate surface area is 91.7 Å². The maximum absolute atomic E-state index is 6.24. The van der Waals surface area contributed by atoms with Gasteiger partial charge in [-0.15, -0.1) is 0 Å². The first-order valence-corrected chi connectivity index (χ1v) is 5.67. The number of benzene rings is 1. The molecule has 2 nitrogen and oxygen atoms in total. The van der Waals surface area contributed by atoms with E-state index in [-0.39, 0.29) is 5.41 Å². The van der Waals surface area contributed by atoms with E-state index >= 15 is 0 Å². The van der Waals surface area contributed by atoms with E-state index in [0.29, 0.717) is 0 Å². The van der Waals surface area contributed by atoms with Gasteiger partial charge in [-0.05, 0) is 47.4 Å². The highest BCUT2D eigenvalue weighted by Crippen LogP contribution is 2.44. The summed E-state index contributed by atoms with van der Waals surface area (Å²) in [6.45, 7) is 6.64. The molecule has 0 atom stereocenters. The Morgan fingerprint density at radius 1 is 1.33 bits per heavy atom. The van der Waals surface area contributed by atoms with E-state index < -0.39 is 0 Å². The van der Waals surface area contributed by atoms with Crippen LogP contribution in [0.15, 0.2) is 6.07 Å². The fraction of sp³-hybridized carbons (Fsp3) is 0.538. The van der Waals surface area contributed by atoms with Gasteiger partial charge in [0.1, 0.15) is 0 Å². The van der Waals surface area contributed by atoms with Crippen molar-refractivity contribution in [1.82, 2.24) is 0 Å². The van der Waals surface area contributed by atoms with Crippen LogP contribution < -0.4 is 11.5 Å². The Hall–Kier alpha value is -1.18. The van der Waals surface area contributed by atoms with Gasteiger partial charge in [-0.25, -0.2) is 0 Å². The van der Waals surface area contributed by atoms with Crippen LogP contribution in [0.2, 0.25) is 0 Å². The Morgan fingerprint density at radius 3 is 2.60 bits per heavy atom. The zero-order valence-corrected chi connectivity index (χ0v) is 9.85. The molecular weight excluding hydrogens is 184 g/mol. The molecule has 15 heavy (non-hydrogen) atoms. The topological polar surface area (TPSA) is 52.0 Å². The summed E-state index contributed by atoms with van der Waals surface area (Å²) < 4.78 is 0. The van der Waals surface area contributed by atoms with E-state index in [9.17, 15) is 0 Å². The van der Waals surface area contributed by atoms with E-state index in [1.807, 2.05) is 0 Å². The van der Waals surface area contributed by atoms with E-state index in [0.717, 1.165) is 29.8 Å². The van der Waals surface area contributed by atoms with Gasteiger partial charge < -0.3 is 11.5 Å². The van der Waals surface area contributed by atoms with Crippen LogP contribution in [0, 0.1) is 0 Å². The Bertz CT molecular complexity index is 405. The third kappa shape index (κ3) is 1.39. The summed E-state index contributed by atoms with van der Waals surface area (Å²) in [7, 11) is 0. The smallest absolute Gasteiger partial charge is 0.0408 e. The number of nitrogen functional groups attached to an aromatic ring is 2. The van der Waals surface area contributed by atoms with Crippen LogP contribution in [-0.2, 0) is 18.3 Å². The summed E-state index contributed by atoms with van der Waals surface area (Å²) in [5.74, 6) is 0. The largest absolute Gasteiger partial charge is 0.398 e. The molecule has 0 aromatic heterocycles. The highest BCUT2D eigenvalue weighted by atomic mass is 14.7. The second-order valence-corrected chi connectivity index (χ2v) is 5.13. The molecule has 0 fully saturated rings. The number of anilines is 2. The molecule has 0 unspecified atom stereocenters. The predicted octanol–water partition coefficient (Wildman–Crippen LogP) is 2.64. The van der Waals surface area contributed by atoms with Crippen molar-refractivity contribution in [3.63, 3.8) is 0 Å². The third-order valence-corrected chi connectivity index (χ3v) is 3.64. The molecule has 0 radical (unpaired) electrons. The van der Waals surface area contributed by atoms with Gasteiger partial charge in [-0.1, -0.05) is 20.8 Å². The molecule has 1 aliphatic rings. The molecule has 0 spiro atoms. The van der Waals surface area contributed by atoms with Crippen molar-refractivity contribution in [2.75, 3.05) is 11.5 Å². The highest BCUT2D eigenvalue weighted by Gasteiger charge is 2.33. The van der Waals surface area contributed by atoms with Crippen LogP contribution in [0.3, 0.4) is 0 Å². The van der Waals surface area contributed by atoms with Crippen LogP contribution in [0.25, 0.3) is 0 Å². The Morgan fingerprint density at radius 2 is 2.00 bits per heavy atom. The quantitative estimate of drug-likeness (QED) is 0.691. The Kier molecular flexibility index (Phi) is 2.18. The summed E-state index contributed by atoms with van der Waals surface area (Å²) in [6, 6.07) is 2.12. The second kappa shape index (κ2) is 3.16. The minimum absolute atomic E-state index is 0.219. The second-order valence-electron chi connectivity index (χ2n) is 5.13. The molecule has 0 aliphatic heterocycles. The van der Waals surface area contributed by atoms with Gasteiger partial charge in [-0.3, -0.25) is 0 Å². The van der Waals surface area contributed by atoms with Crippen LogP contribution in [0.5, 0.6) is 0 Å². The maximum Gasteiger partial charge on any atom is 0.0408 e. The van der Waals surface area contributed by atoms with Crippen LogP contribution in [0.4, 0.5) is 11.4 Å². The lowest BCUT2D eigenvalue weighted by atomic mass is 9.84. The van der Waals surface area contributed by atoms with E-state index in [4.69, 9.17) is 11.5 Å².